The van der Waals surface area contributed by atoms with Gasteiger partial charge in [-0.2, -0.15) is 0 Å². The van der Waals surface area contributed by atoms with Gasteiger partial charge in [-0.05, 0) is 46.1 Å². The smallest absolute Gasteiger partial charge is 0.0637 e. The SMILES string of the molecule is COC(C)(C)C[C@H](C)NCCC(C)C. The van der Waals surface area contributed by atoms with E-state index in [0.717, 1.165) is 18.9 Å². The number of methoxy groups -OCH3 is 1. The third-order valence-corrected chi connectivity index (χ3v) is 2.56. The summed E-state index contributed by atoms with van der Waals surface area (Å²) in [6.45, 7) is 12.1. The predicted molar refractivity (Wildman–Crippen MR) is 62.6 cm³/mol. The maximum absolute atomic E-state index is 5.40. The van der Waals surface area contributed by atoms with E-state index in [2.05, 4.69) is 39.9 Å². The van der Waals surface area contributed by atoms with Crippen LogP contribution in [0.2, 0.25) is 0 Å². The summed E-state index contributed by atoms with van der Waals surface area (Å²) in [6, 6.07) is 0.531. The Labute approximate surface area is 89.4 Å². The molecule has 0 radical (unpaired) electrons. The van der Waals surface area contributed by atoms with Crippen molar-refractivity contribution in [3.63, 3.8) is 0 Å². The molecule has 0 spiro atoms. The number of hydrogen-bond acceptors (Lipinski definition) is 2. The standard InChI is InChI=1S/C12H27NO/c1-10(2)7-8-13-11(3)9-12(4,5)14-6/h10-11,13H,7-9H2,1-6H3/t11-/m0/s1. The van der Waals surface area contributed by atoms with Crippen LogP contribution in [0.4, 0.5) is 0 Å². The zero-order valence-corrected chi connectivity index (χ0v) is 10.7. The molecule has 0 saturated heterocycles. The molecule has 0 rings (SSSR count). The van der Waals surface area contributed by atoms with Gasteiger partial charge in [0.05, 0.1) is 5.60 Å². The van der Waals surface area contributed by atoms with Crippen LogP contribution in [-0.4, -0.2) is 25.3 Å². The summed E-state index contributed by atoms with van der Waals surface area (Å²) < 4.78 is 5.40. The summed E-state index contributed by atoms with van der Waals surface area (Å²) in [4.78, 5) is 0. The van der Waals surface area contributed by atoms with Crippen LogP contribution in [0.5, 0.6) is 0 Å². The second-order valence-corrected chi connectivity index (χ2v) is 5.21. The summed E-state index contributed by atoms with van der Waals surface area (Å²) in [7, 11) is 1.78. The van der Waals surface area contributed by atoms with Crippen molar-refractivity contribution in [1.29, 1.82) is 0 Å². The molecule has 0 heterocycles. The summed E-state index contributed by atoms with van der Waals surface area (Å²) >= 11 is 0. The van der Waals surface area contributed by atoms with Crippen LogP contribution in [0.3, 0.4) is 0 Å². The van der Waals surface area contributed by atoms with Crippen LogP contribution in [-0.2, 0) is 4.74 Å². The lowest BCUT2D eigenvalue weighted by molar-refractivity contribution is 0.00855. The van der Waals surface area contributed by atoms with Crippen LogP contribution in [0.1, 0.15) is 47.5 Å². The summed E-state index contributed by atoms with van der Waals surface area (Å²) in [5, 5.41) is 3.52. The lowest BCUT2D eigenvalue weighted by Crippen LogP contribution is -2.36. The normalized spacial score (nSPS) is 14.8. The van der Waals surface area contributed by atoms with E-state index in [0.29, 0.717) is 6.04 Å². The van der Waals surface area contributed by atoms with Gasteiger partial charge in [-0.15, -0.1) is 0 Å². The Morgan fingerprint density at radius 3 is 2.21 bits per heavy atom. The molecule has 0 aromatic rings. The van der Waals surface area contributed by atoms with Crippen molar-refractivity contribution in [2.75, 3.05) is 13.7 Å². The number of hydrogen-bond donors (Lipinski definition) is 1. The van der Waals surface area contributed by atoms with Crippen LogP contribution >= 0.6 is 0 Å². The van der Waals surface area contributed by atoms with Gasteiger partial charge in [0, 0.05) is 13.2 Å². The molecule has 2 heteroatoms. The van der Waals surface area contributed by atoms with Gasteiger partial charge >= 0.3 is 0 Å². The maximum Gasteiger partial charge on any atom is 0.0637 e. The Bertz CT molecular complexity index is 143. The fourth-order valence-electron chi connectivity index (χ4n) is 1.51. The predicted octanol–water partition coefficient (Wildman–Crippen LogP) is 2.83. The average molecular weight is 201 g/mol. The van der Waals surface area contributed by atoms with Gasteiger partial charge in [0.2, 0.25) is 0 Å². The van der Waals surface area contributed by atoms with Crippen molar-refractivity contribution in [1.82, 2.24) is 5.32 Å². The lowest BCUT2D eigenvalue weighted by atomic mass is 9.99. The molecule has 14 heavy (non-hydrogen) atoms. The molecule has 0 saturated carbocycles. The van der Waals surface area contributed by atoms with E-state index < -0.39 is 0 Å². The second kappa shape index (κ2) is 6.41. The minimum Gasteiger partial charge on any atom is -0.379 e. The van der Waals surface area contributed by atoms with Crippen molar-refractivity contribution in [2.45, 2.75) is 59.1 Å². The highest BCUT2D eigenvalue weighted by molar-refractivity contribution is 4.75. The fraction of sp³-hybridized carbons (Fsp3) is 1.00. The Kier molecular flexibility index (Phi) is 6.38. The van der Waals surface area contributed by atoms with E-state index in [1.54, 1.807) is 7.11 Å². The highest BCUT2D eigenvalue weighted by Crippen LogP contribution is 2.15. The summed E-state index contributed by atoms with van der Waals surface area (Å²) in [5.41, 5.74) is -0.00968. The van der Waals surface area contributed by atoms with Gasteiger partial charge in [-0.25, -0.2) is 0 Å². The molecule has 0 aliphatic carbocycles. The van der Waals surface area contributed by atoms with Crippen molar-refractivity contribution in [3.8, 4) is 0 Å². The number of nitrogens with one attached hydrogen (secondary N) is 1. The first-order valence-electron chi connectivity index (χ1n) is 5.66. The van der Waals surface area contributed by atoms with Gasteiger partial charge in [0.15, 0.2) is 0 Å². The van der Waals surface area contributed by atoms with Gasteiger partial charge in [0.1, 0.15) is 0 Å². The molecule has 0 aliphatic rings. The molecule has 1 N–H and O–H groups in total. The molecule has 1 atom stereocenters. The Morgan fingerprint density at radius 1 is 1.21 bits per heavy atom. The van der Waals surface area contributed by atoms with E-state index in [1.165, 1.54) is 6.42 Å². The summed E-state index contributed by atoms with van der Waals surface area (Å²) in [6.07, 6.45) is 2.30. The first kappa shape index (κ1) is 13.9. The lowest BCUT2D eigenvalue weighted by Gasteiger charge is -2.27. The topological polar surface area (TPSA) is 21.3 Å². The fourth-order valence-corrected chi connectivity index (χ4v) is 1.51. The summed E-state index contributed by atoms with van der Waals surface area (Å²) in [5.74, 6) is 0.783. The zero-order valence-electron chi connectivity index (χ0n) is 10.7. The molecule has 86 valence electrons. The molecule has 0 unspecified atom stereocenters. The van der Waals surface area contributed by atoms with Crippen LogP contribution in [0.15, 0.2) is 0 Å². The molecule has 0 aromatic heterocycles. The van der Waals surface area contributed by atoms with Crippen molar-refractivity contribution in [2.24, 2.45) is 5.92 Å². The van der Waals surface area contributed by atoms with Crippen molar-refractivity contribution >= 4 is 0 Å². The monoisotopic (exact) mass is 201 g/mol. The van der Waals surface area contributed by atoms with Crippen molar-refractivity contribution < 1.29 is 4.74 Å². The second-order valence-electron chi connectivity index (χ2n) is 5.21. The highest BCUT2D eigenvalue weighted by Gasteiger charge is 2.19. The van der Waals surface area contributed by atoms with Crippen LogP contribution in [0, 0.1) is 5.92 Å². The third-order valence-electron chi connectivity index (χ3n) is 2.56. The van der Waals surface area contributed by atoms with E-state index >= 15 is 0 Å². The largest absolute Gasteiger partial charge is 0.379 e. The molecule has 0 aliphatic heterocycles. The van der Waals surface area contributed by atoms with E-state index in [9.17, 15) is 0 Å². The van der Waals surface area contributed by atoms with Gasteiger partial charge in [0.25, 0.3) is 0 Å². The van der Waals surface area contributed by atoms with Gasteiger partial charge in [-0.1, -0.05) is 13.8 Å². The minimum absolute atomic E-state index is 0.00968. The Hall–Kier alpha value is -0.0800. The van der Waals surface area contributed by atoms with E-state index in [1.807, 2.05) is 0 Å². The van der Waals surface area contributed by atoms with Gasteiger partial charge in [-0.3, -0.25) is 0 Å². The molecule has 0 amide bonds. The molecular weight excluding hydrogens is 174 g/mol. The zero-order chi connectivity index (χ0) is 11.2. The Morgan fingerprint density at radius 2 is 1.79 bits per heavy atom. The quantitative estimate of drug-likeness (QED) is 0.684. The Balaban J connectivity index is 3.60. The molecule has 2 nitrogen and oxygen atoms in total. The number of ether oxygens (including phenoxy) is 1. The maximum atomic E-state index is 5.40. The van der Waals surface area contributed by atoms with Gasteiger partial charge < -0.3 is 10.1 Å². The third kappa shape index (κ3) is 7.34. The highest BCUT2D eigenvalue weighted by atomic mass is 16.5. The van der Waals surface area contributed by atoms with Crippen LogP contribution < -0.4 is 5.32 Å². The van der Waals surface area contributed by atoms with E-state index in [-0.39, 0.29) is 5.60 Å². The first-order chi connectivity index (χ1) is 6.37. The molecule has 0 aromatic carbocycles. The number of rotatable bonds is 7. The van der Waals surface area contributed by atoms with Crippen LogP contribution in [0.25, 0.3) is 0 Å². The minimum atomic E-state index is -0.00968. The average Bonchev–Trinajstić information content (AvgIpc) is 2.02. The molecular formula is C12H27NO. The molecule has 0 bridgehead atoms. The van der Waals surface area contributed by atoms with E-state index in [4.69, 9.17) is 4.74 Å². The molecule has 0 fully saturated rings. The first-order valence-corrected chi connectivity index (χ1v) is 5.66. The van der Waals surface area contributed by atoms with Crippen molar-refractivity contribution in [3.05, 3.63) is 0 Å².